The maximum absolute atomic E-state index is 11.0. The number of carboxylic acids is 1. The maximum atomic E-state index is 11.0. The van der Waals surface area contributed by atoms with E-state index in [1.807, 2.05) is 13.8 Å². The first kappa shape index (κ1) is 14.1. The summed E-state index contributed by atoms with van der Waals surface area (Å²) in [4.78, 5) is 11.0. The summed E-state index contributed by atoms with van der Waals surface area (Å²) in [6.45, 7) is 4.20. The van der Waals surface area contributed by atoms with E-state index in [0.717, 1.165) is 6.42 Å². The van der Waals surface area contributed by atoms with Crippen molar-refractivity contribution in [3.05, 3.63) is 29.3 Å². The number of rotatable bonds is 6. The average Bonchev–Trinajstić information content (AvgIpc) is 2.33. The minimum absolute atomic E-state index is 0.0568. The van der Waals surface area contributed by atoms with Gasteiger partial charge < -0.3 is 14.9 Å². The Hall–Kier alpha value is -1.97. The van der Waals surface area contributed by atoms with Crippen LogP contribution in [0.1, 0.15) is 32.3 Å². The first-order chi connectivity index (χ1) is 8.58. The lowest BCUT2D eigenvalue weighted by Crippen LogP contribution is -2.00. The fourth-order valence-electron chi connectivity index (χ4n) is 1.60. The molecule has 4 heteroatoms. The molecule has 0 fully saturated rings. The first-order valence-electron chi connectivity index (χ1n) is 5.98. The molecule has 18 heavy (non-hydrogen) atoms. The second-order valence-electron chi connectivity index (χ2n) is 3.88. The van der Waals surface area contributed by atoms with Gasteiger partial charge in [0.25, 0.3) is 0 Å². The van der Waals surface area contributed by atoms with E-state index in [-0.39, 0.29) is 5.75 Å². The summed E-state index contributed by atoms with van der Waals surface area (Å²) in [5, 5.41) is 18.6. The predicted octanol–water partition coefficient (Wildman–Crippen LogP) is 3.06. The quantitative estimate of drug-likeness (QED) is 0.761. The lowest BCUT2D eigenvalue weighted by molar-refractivity contribution is -0.132. The molecule has 0 heterocycles. The van der Waals surface area contributed by atoms with Gasteiger partial charge in [-0.15, -0.1) is 0 Å². The number of carboxylic acid groups (broad SMARTS) is 1. The van der Waals surface area contributed by atoms with E-state index in [9.17, 15) is 9.90 Å². The molecule has 1 aromatic rings. The molecule has 0 amide bonds. The minimum atomic E-state index is -0.914. The molecule has 0 aliphatic carbocycles. The SMILES string of the molecule is CCC/C(=C\c1ccc(O)c(OCC)c1)C(=O)O. The van der Waals surface area contributed by atoms with Crippen LogP contribution in [0.15, 0.2) is 23.8 Å². The molecule has 0 saturated heterocycles. The number of ether oxygens (including phenoxy) is 1. The van der Waals surface area contributed by atoms with Gasteiger partial charge in [-0.1, -0.05) is 19.4 Å². The number of aliphatic carboxylic acids is 1. The van der Waals surface area contributed by atoms with Crippen LogP contribution in [0.3, 0.4) is 0 Å². The van der Waals surface area contributed by atoms with Crippen LogP contribution in [0.25, 0.3) is 6.08 Å². The molecule has 2 N–H and O–H groups in total. The van der Waals surface area contributed by atoms with Crippen LogP contribution in [0.2, 0.25) is 0 Å². The number of benzene rings is 1. The fourth-order valence-corrected chi connectivity index (χ4v) is 1.60. The predicted molar refractivity (Wildman–Crippen MR) is 69.8 cm³/mol. The molecule has 0 aliphatic rings. The minimum Gasteiger partial charge on any atom is -0.504 e. The summed E-state index contributed by atoms with van der Waals surface area (Å²) in [6, 6.07) is 4.80. The summed E-state index contributed by atoms with van der Waals surface area (Å²) in [5.41, 5.74) is 1.06. The Kier molecular flexibility index (Phi) is 5.24. The molecular formula is C14H18O4. The third kappa shape index (κ3) is 3.80. The van der Waals surface area contributed by atoms with Gasteiger partial charge >= 0.3 is 5.97 Å². The zero-order valence-electron chi connectivity index (χ0n) is 10.6. The monoisotopic (exact) mass is 250 g/mol. The molecule has 0 atom stereocenters. The van der Waals surface area contributed by atoms with Crippen molar-refractivity contribution in [2.75, 3.05) is 6.61 Å². The Morgan fingerprint density at radius 2 is 2.11 bits per heavy atom. The Balaban J connectivity index is 3.05. The summed E-state index contributed by atoms with van der Waals surface area (Å²) < 4.78 is 5.25. The smallest absolute Gasteiger partial charge is 0.331 e. The van der Waals surface area contributed by atoms with Crippen LogP contribution >= 0.6 is 0 Å². The van der Waals surface area contributed by atoms with Gasteiger partial charge in [0.15, 0.2) is 11.5 Å². The topological polar surface area (TPSA) is 66.8 Å². The van der Waals surface area contributed by atoms with Crippen LogP contribution in [0, 0.1) is 0 Å². The Morgan fingerprint density at radius 1 is 1.39 bits per heavy atom. The normalized spacial score (nSPS) is 11.3. The van der Waals surface area contributed by atoms with E-state index in [1.54, 1.807) is 18.2 Å². The highest BCUT2D eigenvalue weighted by atomic mass is 16.5. The van der Waals surface area contributed by atoms with Crippen molar-refractivity contribution in [2.24, 2.45) is 0 Å². The van der Waals surface area contributed by atoms with Crippen LogP contribution in [-0.4, -0.2) is 22.8 Å². The molecule has 0 radical (unpaired) electrons. The highest BCUT2D eigenvalue weighted by molar-refractivity contribution is 5.92. The van der Waals surface area contributed by atoms with Gasteiger partial charge in [-0.3, -0.25) is 0 Å². The number of phenolic OH excluding ortho intramolecular Hbond substituents is 1. The van der Waals surface area contributed by atoms with E-state index in [0.29, 0.717) is 29.9 Å². The summed E-state index contributed by atoms with van der Waals surface area (Å²) in [7, 11) is 0. The molecule has 4 nitrogen and oxygen atoms in total. The molecule has 1 rings (SSSR count). The van der Waals surface area contributed by atoms with Crippen molar-refractivity contribution in [3.8, 4) is 11.5 Å². The first-order valence-corrected chi connectivity index (χ1v) is 5.98. The van der Waals surface area contributed by atoms with Crippen molar-refractivity contribution in [1.29, 1.82) is 0 Å². The highest BCUT2D eigenvalue weighted by Gasteiger charge is 2.07. The molecule has 0 aromatic heterocycles. The van der Waals surface area contributed by atoms with Gasteiger partial charge in [-0.25, -0.2) is 4.79 Å². The van der Waals surface area contributed by atoms with Crippen molar-refractivity contribution in [2.45, 2.75) is 26.7 Å². The van der Waals surface area contributed by atoms with Crippen LogP contribution in [0.4, 0.5) is 0 Å². The van der Waals surface area contributed by atoms with Gasteiger partial charge in [0.2, 0.25) is 0 Å². The second-order valence-corrected chi connectivity index (χ2v) is 3.88. The second kappa shape index (κ2) is 6.69. The average molecular weight is 250 g/mol. The van der Waals surface area contributed by atoms with E-state index in [4.69, 9.17) is 9.84 Å². The molecule has 98 valence electrons. The van der Waals surface area contributed by atoms with E-state index < -0.39 is 5.97 Å². The van der Waals surface area contributed by atoms with Crippen molar-refractivity contribution < 1.29 is 19.7 Å². The van der Waals surface area contributed by atoms with E-state index in [2.05, 4.69) is 0 Å². The largest absolute Gasteiger partial charge is 0.504 e. The number of aromatic hydroxyl groups is 1. The third-order valence-corrected chi connectivity index (χ3v) is 2.42. The Bertz CT molecular complexity index is 449. The van der Waals surface area contributed by atoms with Gasteiger partial charge in [0.05, 0.1) is 6.61 Å². The van der Waals surface area contributed by atoms with Gasteiger partial charge in [0, 0.05) is 5.57 Å². The number of phenols is 1. The van der Waals surface area contributed by atoms with E-state index >= 15 is 0 Å². The van der Waals surface area contributed by atoms with Gasteiger partial charge in [-0.05, 0) is 37.1 Å². The standard InChI is InChI=1S/C14H18O4/c1-3-5-11(14(16)17)8-10-6-7-12(15)13(9-10)18-4-2/h6-9,15H,3-5H2,1-2H3,(H,16,17)/b11-8+. The lowest BCUT2D eigenvalue weighted by atomic mass is 10.1. The van der Waals surface area contributed by atoms with Crippen molar-refractivity contribution in [3.63, 3.8) is 0 Å². The van der Waals surface area contributed by atoms with E-state index in [1.165, 1.54) is 6.07 Å². The molecular weight excluding hydrogens is 232 g/mol. The number of carbonyl (C=O) groups is 1. The Morgan fingerprint density at radius 3 is 2.67 bits per heavy atom. The van der Waals surface area contributed by atoms with Crippen molar-refractivity contribution >= 4 is 12.0 Å². The molecule has 1 aromatic carbocycles. The molecule has 0 spiro atoms. The van der Waals surface area contributed by atoms with Crippen LogP contribution in [-0.2, 0) is 4.79 Å². The van der Waals surface area contributed by atoms with Crippen molar-refractivity contribution in [1.82, 2.24) is 0 Å². The van der Waals surface area contributed by atoms with Crippen LogP contribution < -0.4 is 4.74 Å². The zero-order chi connectivity index (χ0) is 13.5. The van der Waals surface area contributed by atoms with Gasteiger partial charge in [-0.2, -0.15) is 0 Å². The molecule has 0 unspecified atom stereocenters. The molecule has 0 saturated carbocycles. The summed E-state index contributed by atoms with van der Waals surface area (Å²) in [6.07, 6.45) is 2.89. The Labute approximate surface area is 107 Å². The molecule has 0 aliphatic heterocycles. The fraction of sp³-hybridized carbons (Fsp3) is 0.357. The molecule has 0 bridgehead atoms. The summed E-state index contributed by atoms with van der Waals surface area (Å²) >= 11 is 0. The highest BCUT2D eigenvalue weighted by Crippen LogP contribution is 2.28. The van der Waals surface area contributed by atoms with Crippen LogP contribution in [0.5, 0.6) is 11.5 Å². The maximum Gasteiger partial charge on any atom is 0.331 e. The number of hydrogen-bond acceptors (Lipinski definition) is 3. The third-order valence-electron chi connectivity index (χ3n) is 2.42. The number of hydrogen-bond donors (Lipinski definition) is 2. The lowest BCUT2D eigenvalue weighted by Gasteiger charge is -2.07. The van der Waals surface area contributed by atoms with Gasteiger partial charge in [0.1, 0.15) is 0 Å². The summed E-state index contributed by atoms with van der Waals surface area (Å²) in [5.74, 6) is -0.489. The zero-order valence-corrected chi connectivity index (χ0v) is 10.6.